The smallest absolute Gasteiger partial charge is 0.127 e. The van der Waals surface area contributed by atoms with Gasteiger partial charge in [0.15, 0.2) is 0 Å². The molecule has 3 aromatic heterocycles. The highest BCUT2D eigenvalue weighted by molar-refractivity contribution is 7.87. The van der Waals surface area contributed by atoms with Gasteiger partial charge in [0.2, 0.25) is 0 Å². The molecule has 4 rings (SSSR count). The van der Waals surface area contributed by atoms with E-state index >= 15 is 0 Å². The molecule has 2 N–H and O–H groups in total. The molecule has 32 heavy (non-hydrogen) atoms. The molecule has 4 aromatic rings. The first-order valence-corrected chi connectivity index (χ1v) is 13.5. The molecular formula is C24H26N2O3S3. The molecule has 0 aliphatic carbocycles. The van der Waals surface area contributed by atoms with Crippen molar-refractivity contribution in [2.45, 2.75) is 24.0 Å². The second kappa shape index (κ2) is 10.6. The lowest BCUT2D eigenvalue weighted by atomic mass is 10.0. The van der Waals surface area contributed by atoms with E-state index in [0.29, 0.717) is 24.7 Å². The van der Waals surface area contributed by atoms with Crippen LogP contribution in [0.5, 0.6) is 5.75 Å². The zero-order valence-electron chi connectivity index (χ0n) is 18.1. The van der Waals surface area contributed by atoms with Crippen molar-refractivity contribution in [2.24, 2.45) is 0 Å². The number of hydrogen-bond acceptors (Lipinski definition) is 7. The van der Waals surface area contributed by atoms with Crippen LogP contribution in [-0.2, 0) is 15.5 Å². The summed E-state index contributed by atoms with van der Waals surface area (Å²) in [5.41, 5.74) is 10.1. The van der Waals surface area contributed by atoms with Crippen molar-refractivity contribution in [2.75, 3.05) is 31.8 Å². The number of nitrogens with two attached hydrogens (primary N) is 1. The van der Waals surface area contributed by atoms with E-state index in [2.05, 4.69) is 19.1 Å². The Labute approximate surface area is 198 Å². The maximum absolute atomic E-state index is 12.9. The van der Waals surface area contributed by atoms with Gasteiger partial charge in [-0.25, -0.2) is 4.98 Å². The highest BCUT2D eigenvalue weighted by Crippen LogP contribution is 2.43. The summed E-state index contributed by atoms with van der Waals surface area (Å²) < 4.78 is 24.4. The Morgan fingerprint density at radius 2 is 1.97 bits per heavy atom. The molecular weight excluding hydrogens is 460 g/mol. The monoisotopic (exact) mass is 486 g/mol. The number of unbranched alkanes of at least 4 members (excludes halogenated alkanes) is 1. The Hall–Kier alpha value is -2.26. The number of pyridine rings is 1. The minimum Gasteiger partial charge on any atom is -0.491 e. The maximum Gasteiger partial charge on any atom is 0.127 e. The minimum absolute atomic E-state index is 0.502. The van der Waals surface area contributed by atoms with Crippen LogP contribution in [0, 0.1) is 0 Å². The summed E-state index contributed by atoms with van der Waals surface area (Å²) in [7, 11) is 0.534. The van der Waals surface area contributed by atoms with E-state index < -0.39 is 10.8 Å². The average Bonchev–Trinajstić information content (AvgIpc) is 3.46. The number of rotatable bonds is 10. The summed E-state index contributed by atoms with van der Waals surface area (Å²) in [5.74, 6) is 1.41. The predicted octanol–water partition coefficient (Wildman–Crippen LogP) is 6.21. The van der Waals surface area contributed by atoms with E-state index in [1.54, 1.807) is 18.4 Å². The first-order chi connectivity index (χ1) is 15.6. The highest BCUT2D eigenvalue weighted by atomic mass is 32.2. The molecule has 0 saturated carbocycles. The third kappa shape index (κ3) is 4.88. The van der Waals surface area contributed by atoms with Gasteiger partial charge in [-0.05, 0) is 47.2 Å². The number of hydrogen-bond donors (Lipinski definition) is 1. The molecule has 0 aliphatic heterocycles. The molecule has 5 nitrogen and oxygen atoms in total. The van der Waals surface area contributed by atoms with Gasteiger partial charge in [-0.15, -0.1) is 22.7 Å². The van der Waals surface area contributed by atoms with Crippen LogP contribution in [-0.4, -0.2) is 35.3 Å². The highest BCUT2D eigenvalue weighted by Gasteiger charge is 2.21. The fourth-order valence-electron chi connectivity index (χ4n) is 3.39. The van der Waals surface area contributed by atoms with E-state index in [9.17, 15) is 4.21 Å². The Morgan fingerprint density at radius 1 is 1.16 bits per heavy atom. The van der Waals surface area contributed by atoms with Crippen molar-refractivity contribution in [3.63, 3.8) is 0 Å². The van der Waals surface area contributed by atoms with Gasteiger partial charge in [-0.3, -0.25) is 4.21 Å². The second-order valence-electron chi connectivity index (χ2n) is 7.28. The summed E-state index contributed by atoms with van der Waals surface area (Å²) in [6.45, 7) is 3.14. The molecule has 0 fully saturated rings. The van der Waals surface area contributed by atoms with Gasteiger partial charge in [0, 0.05) is 18.2 Å². The number of benzene rings is 1. The summed E-state index contributed by atoms with van der Waals surface area (Å²) in [6.07, 6.45) is 1.91. The predicted molar refractivity (Wildman–Crippen MR) is 136 cm³/mol. The lowest BCUT2D eigenvalue weighted by Crippen LogP contribution is -2.03. The van der Waals surface area contributed by atoms with Gasteiger partial charge < -0.3 is 15.2 Å². The summed E-state index contributed by atoms with van der Waals surface area (Å²) in [5, 5.41) is 2.92. The molecule has 1 unspecified atom stereocenters. The quantitative estimate of drug-likeness (QED) is 0.270. The Bertz CT molecular complexity index is 1200. The molecule has 8 heteroatoms. The molecule has 3 heterocycles. The molecule has 0 radical (unpaired) electrons. The normalized spacial score (nSPS) is 12.3. The van der Waals surface area contributed by atoms with Crippen molar-refractivity contribution in [3.05, 3.63) is 47.8 Å². The van der Waals surface area contributed by atoms with Gasteiger partial charge in [-0.2, -0.15) is 0 Å². The van der Waals surface area contributed by atoms with Crippen LogP contribution in [0.1, 0.15) is 19.8 Å². The van der Waals surface area contributed by atoms with Crippen LogP contribution < -0.4 is 10.5 Å². The van der Waals surface area contributed by atoms with Gasteiger partial charge in [0.05, 0.1) is 33.7 Å². The first-order valence-electron chi connectivity index (χ1n) is 10.5. The molecule has 0 bridgehead atoms. The largest absolute Gasteiger partial charge is 0.491 e. The summed E-state index contributed by atoms with van der Waals surface area (Å²) in [6, 6.07) is 14.1. The lowest BCUT2D eigenvalue weighted by Gasteiger charge is -2.10. The fraction of sp³-hybridized carbons (Fsp3) is 0.292. The van der Waals surface area contributed by atoms with Crippen LogP contribution in [0.25, 0.3) is 31.9 Å². The van der Waals surface area contributed by atoms with Crippen molar-refractivity contribution in [3.8, 4) is 27.4 Å². The van der Waals surface area contributed by atoms with Crippen molar-refractivity contribution >= 4 is 49.4 Å². The molecule has 168 valence electrons. The number of ether oxygens (including phenoxy) is 2. The van der Waals surface area contributed by atoms with Crippen LogP contribution in [0.2, 0.25) is 0 Å². The number of methoxy groups -OCH3 is 1. The van der Waals surface area contributed by atoms with Crippen molar-refractivity contribution < 1.29 is 13.7 Å². The SMILES string of the molecule is CCCCS(=O)c1sc2nc(-c3cccs3)cc(-c3ccc(OCCOC)cc3)c2c1N. The number of nitrogen functional groups attached to an aromatic ring is 1. The molecule has 1 aromatic carbocycles. The minimum atomic E-state index is -1.12. The van der Waals surface area contributed by atoms with Gasteiger partial charge >= 0.3 is 0 Å². The molecule has 0 aliphatic rings. The number of thiophene rings is 2. The van der Waals surface area contributed by atoms with E-state index in [4.69, 9.17) is 20.2 Å². The van der Waals surface area contributed by atoms with Crippen LogP contribution in [0.4, 0.5) is 5.69 Å². The lowest BCUT2D eigenvalue weighted by molar-refractivity contribution is 0.146. The third-order valence-electron chi connectivity index (χ3n) is 5.05. The summed E-state index contributed by atoms with van der Waals surface area (Å²) in [4.78, 5) is 6.81. The number of anilines is 1. The van der Waals surface area contributed by atoms with Crippen LogP contribution in [0.3, 0.4) is 0 Å². The van der Waals surface area contributed by atoms with E-state index in [0.717, 1.165) is 54.7 Å². The van der Waals surface area contributed by atoms with Crippen LogP contribution in [0.15, 0.2) is 52.1 Å². The zero-order chi connectivity index (χ0) is 22.5. The summed E-state index contributed by atoms with van der Waals surface area (Å²) >= 11 is 3.10. The Morgan fingerprint density at radius 3 is 2.66 bits per heavy atom. The Kier molecular flexibility index (Phi) is 7.57. The van der Waals surface area contributed by atoms with Gasteiger partial charge in [0.25, 0.3) is 0 Å². The maximum atomic E-state index is 12.9. The standard InChI is InChI=1S/C24H26N2O3S3/c1-3-4-14-32(27)24-22(25)21-18(16-7-9-17(10-8-16)29-12-11-28-2)15-19(26-23(21)31-24)20-6-5-13-30-20/h5-10,13,15H,3-4,11-12,14,25H2,1-2H3. The number of fused-ring (bicyclic) bond motifs is 1. The number of nitrogens with zero attached hydrogens (tertiary/aromatic N) is 1. The van der Waals surface area contributed by atoms with E-state index in [-0.39, 0.29) is 0 Å². The molecule has 0 amide bonds. The second-order valence-corrected chi connectivity index (χ2v) is 11.0. The average molecular weight is 487 g/mol. The number of aromatic nitrogens is 1. The molecule has 0 saturated heterocycles. The zero-order valence-corrected chi connectivity index (χ0v) is 20.6. The Balaban J connectivity index is 1.80. The van der Waals surface area contributed by atoms with Gasteiger partial charge in [0.1, 0.15) is 21.4 Å². The van der Waals surface area contributed by atoms with Crippen molar-refractivity contribution in [1.29, 1.82) is 0 Å². The van der Waals surface area contributed by atoms with Crippen molar-refractivity contribution in [1.82, 2.24) is 4.98 Å². The molecule has 1 atom stereocenters. The fourth-order valence-corrected chi connectivity index (χ4v) is 6.87. The van der Waals surface area contributed by atoms with E-state index in [1.807, 2.05) is 35.7 Å². The topological polar surface area (TPSA) is 74.4 Å². The van der Waals surface area contributed by atoms with Gasteiger partial charge in [-0.1, -0.05) is 31.5 Å². The van der Waals surface area contributed by atoms with E-state index in [1.165, 1.54) is 11.3 Å². The first kappa shape index (κ1) is 22.9. The van der Waals surface area contributed by atoms with Crippen LogP contribution >= 0.6 is 22.7 Å². The third-order valence-corrected chi connectivity index (χ3v) is 8.94. The molecule has 0 spiro atoms.